The van der Waals surface area contributed by atoms with Crippen LogP contribution in [0.15, 0.2) is 30.3 Å². The summed E-state index contributed by atoms with van der Waals surface area (Å²) in [5.41, 5.74) is 0.806. The number of nitrogens with one attached hydrogen (secondary N) is 1. The number of unbranched alkanes of at least 4 members (excludes halogenated alkanes) is 2. The smallest absolute Gasteiger partial charge is 0.320 e. The molecule has 0 aliphatic rings. The second-order valence-corrected chi connectivity index (χ2v) is 6.43. The Kier molecular flexibility index (Phi) is 7.44. The van der Waals surface area contributed by atoms with Crippen molar-refractivity contribution < 1.29 is 9.53 Å². The molecule has 0 aliphatic carbocycles. The maximum absolute atomic E-state index is 11.8. The van der Waals surface area contributed by atoms with Gasteiger partial charge in [0.05, 0.1) is 6.54 Å². The van der Waals surface area contributed by atoms with E-state index in [2.05, 4.69) is 24.4 Å². The Hall–Kier alpha value is -1.35. The van der Waals surface area contributed by atoms with Crippen LogP contribution >= 0.6 is 0 Å². The van der Waals surface area contributed by atoms with Crippen molar-refractivity contribution in [1.82, 2.24) is 5.32 Å². The van der Waals surface area contributed by atoms with Crippen molar-refractivity contribution in [2.24, 2.45) is 0 Å². The van der Waals surface area contributed by atoms with Gasteiger partial charge in [0.15, 0.2) is 0 Å². The third kappa shape index (κ3) is 7.86. The minimum Gasteiger partial charge on any atom is -0.459 e. The second kappa shape index (κ2) is 8.83. The molecule has 1 rings (SSSR count). The summed E-state index contributed by atoms with van der Waals surface area (Å²) in [4.78, 5) is 11.8. The highest BCUT2D eigenvalue weighted by Gasteiger charge is 2.18. The van der Waals surface area contributed by atoms with E-state index in [9.17, 15) is 4.79 Å². The molecule has 3 nitrogen and oxygen atoms in total. The van der Waals surface area contributed by atoms with Gasteiger partial charge in [-0.05, 0) is 32.8 Å². The predicted octanol–water partition coefficient (Wildman–Crippen LogP) is 4.24. The van der Waals surface area contributed by atoms with E-state index >= 15 is 0 Å². The molecule has 0 saturated heterocycles. The number of ether oxygens (including phenoxy) is 1. The Balaban J connectivity index is 2.55. The molecule has 1 unspecified atom stereocenters. The summed E-state index contributed by atoms with van der Waals surface area (Å²) in [6, 6.07) is 10.5. The average molecular weight is 291 g/mol. The molecule has 21 heavy (non-hydrogen) atoms. The fourth-order valence-electron chi connectivity index (χ4n) is 2.25. The standard InChI is InChI=1S/C18H29NO2/c1-5-6-8-13-16(15-11-9-7-10-12-15)19-14-17(20)21-18(2,3)4/h7,9-12,16,19H,5-6,8,13-14H2,1-4H3. The number of carbonyl (C=O) groups excluding carboxylic acids is 1. The lowest BCUT2D eigenvalue weighted by molar-refractivity contribution is -0.153. The van der Waals surface area contributed by atoms with Crippen LogP contribution in [-0.4, -0.2) is 18.1 Å². The van der Waals surface area contributed by atoms with Gasteiger partial charge in [0, 0.05) is 6.04 Å². The van der Waals surface area contributed by atoms with Crippen LogP contribution < -0.4 is 5.32 Å². The minimum atomic E-state index is -0.427. The van der Waals surface area contributed by atoms with Crippen LogP contribution in [0.4, 0.5) is 0 Å². The topological polar surface area (TPSA) is 38.3 Å². The molecule has 3 heteroatoms. The molecule has 0 radical (unpaired) electrons. The van der Waals surface area contributed by atoms with Crippen LogP contribution in [-0.2, 0) is 9.53 Å². The summed E-state index contributed by atoms with van der Waals surface area (Å²) in [5.74, 6) is -0.195. The average Bonchev–Trinajstić information content (AvgIpc) is 2.41. The van der Waals surface area contributed by atoms with Crippen LogP contribution in [0, 0.1) is 0 Å². The van der Waals surface area contributed by atoms with Crippen molar-refractivity contribution in [3.63, 3.8) is 0 Å². The zero-order valence-corrected chi connectivity index (χ0v) is 13.8. The molecule has 0 bridgehead atoms. The zero-order chi connectivity index (χ0) is 15.7. The van der Waals surface area contributed by atoms with E-state index in [-0.39, 0.29) is 18.6 Å². The van der Waals surface area contributed by atoms with Crippen LogP contribution in [0.2, 0.25) is 0 Å². The highest BCUT2D eigenvalue weighted by molar-refractivity contribution is 5.72. The lowest BCUT2D eigenvalue weighted by Crippen LogP contribution is -2.33. The molecular weight excluding hydrogens is 262 g/mol. The summed E-state index contributed by atoms with van der Waals surface area (Å²) in [6.07, 6.45) is 4.63. The minimum absolute atomic E-state index is 0.195. The quantitative estimate of drug-likeness (QED) is 0.575. The van der Waals surface area contributed by atoms with Gasteiger partial charge >= 0.3 is 5.97 Å². The Bertz CT molecular complexity index is 409. The Morgan fingerprint density at radius 2 is 1.86 bits per heavy atom. The first-order chi connectivity index (χ1) is 9.92. The summed E-state index contributed by atoms with van der Waals surface area (Å²) in [7, 11) is 0. The summed E-state index contributed by atoms with van der Waals surface area (Å²) in [6.45, 7) is 8.12. The molecular formula is C18H29NO2. The first-order valence-electron chi connectivity index (χ1n) is 7.92. The van der Waals surface area contributed by atoms with Crippen molar-refractivity contribution in [3.8, 4) is 0 Å². The molecule has 0 spiro atoms. The number of carbonyl (C=O) groups is 1. The van der Waals surface area contributed by atoms with E-state index in [0.29, 0.717) is 0 Å². The van der Waals surface area contributed by atoms with Crippen LogP contribution in [0.25, 0.3) is 0 Å². The van der Waals surface area contributed by atoms with E-state index in [0.717, 1.165) is 12.8 Å². The zero-order valence-electron chi connectivity index (χ0n) is 13.8. The fraction of sp³-hybridized carbons (Fsp3) is 0.611. The molecule has 1 aromatic rings. The lowest BCUT2D eigenvalue weighted by atomic mass is 10.0. The number of hydrogen-bond acceptors (Lipinski definition) is 3. The third-order valence-corrected chi connectivity index (χ3v) is 3.21. The van der Waals surface area contributed by atoms with E-state index in [4.69, 9.17) is 4.74 Å². The molecule has 0 saturated carbocycles. The van der Waals surface area contributed by atoms with Gasteiger partial charge in [-0.1, -0.05) is 56.5 Å². The lowest BCUT2D eigenvalue weighted by Gasteiger charge is -2.22. The SMILES string of the molecule is CCCCCC(NCC(=O)OC(C)(C)C)c1ccccc1. The molecule has 0 fully saturated rings. The van der Waals surface area contributed by atoms with Gasteiger partial charge in [-0.15, -0.1) is 0 Å². The summed E-state index contributed by atoms with van der Waals surface area (Å²) in [5, 5.41) is 3.34. The highest BCUT2D eigenvalue weighted by atomic mass is 16.6. The third-order valence-electron chi connectivity index (χ3n) is 3.21. The van der Waals surface area contributed by atoms with Gasteiger partial charge in [-0.2, -0.15) is 0 Å². The van der Waals surface area contributed by atoms with Gasteiger partial charge in [0.2, 0.25) is 0 Å². The highest BCUT2D eigenvalue weighted by Crippen LogP contribution is 2.19. The molecule has 1 atom stereocenters. The first kappa shape index (κ1) is 17.7. The Morgan fingerprint density at radius 1 is 1.19 bits per heavy atom. The van der Waals surface area contributed by atoms with Gasteiger partial charge in [-0.25, -0.2) is 0 Å². The molecule has 1 aromatic carbocycles. The maximum atomic E-state index is 11.8. The largest absolute Gasteiger partial charge is 0.459 e. The maximum Gasteiger partial charge on any atom is 0.320 e. The van der Waals surface area contributed by atoms with Crippen molar-refractivity contribution >= 4 is 5.97 Å². The molecule has 0 aliphatic heterocycles. The van der Waals surface area contributed by atoms with Crippen molar-refractivity contribution in [2.45, 2.75) is 65.0 Å². The summed E-state index contributed by atoms with van der Waals surface area (Å²) < 4.78 is 5.35. The monoisotopic (exact) mass is 291 g/mol. The molecule has 0 amide bonds. The van der Waals surface area contributed by atoms with Gasteiger partial charge in [0.1, 0.15) is 5.60 Å². The van der Waals surface area contributed by atoms with E-state index in [1.807, 2.05) is 39.0 Å². The van der Waals surface area contributed by atoms with Gasteiger partial charge < -0.3 is 10.1 Å². The van der Waals surface area contributed by atoms with Crippen LogP contribution in [0.3, 0.4) is 0 Å². The van der Waals surface area contributed by atoms with E-state index in [1.165, 1.54) is 18.4 Å². The second-order valence-electron chi connectivity index (χ2n) is 6.43. The van der Waals surface area contributed by atoms with Crippen molar-refractivity contribution in [1.29, 1.82) is 0 Å². The van der Waals surface area contributed by atoms with Gasteiger partial charge in [-0.3, -0.25) is 4.79 Å². The number of esters is 1. The van der Waals surface area contributed by atoms with E-state index < -0.39 is 5.60 Å². The fourth-order valence-corrected chi connectivity index (χ4v) is 2.25. The molecule has 0 aromatic heterocycles. The Morgan fingerprint density at radius 3 is 2.43 bits per heavy atom. The van der Waals surface area contributed by atoms with E-state index in [1.54, 1.807) is 0 Å². The normalized spacial score (nSPS) is 13.0. The van der Waals surface area contributed by atoms with Gasteiger partial charge in [0.25, 0.3) is 0 Å². The number of rotatable bonds is 8. The number of hydrogen-bond donors (Lipinski definition) is 1. The van der Waals surface area contributed by atoms with Crippen LogP contribution in [0.1, 0.15) is 65.0 Å². The molecule has 1 N–H and O–H groups in total. The van der Waals surface area contributed by atoms with Crippen LogP contribution in [0.5, 0.6) is 0 Å². The molecule has 118 valence electrons. The Labute approximate surface area is 129 Å². The molecule has 0 heterocycles. The number of benzene rings is 1. The summed E-state index contributed by atoms with van der Waals surface area (Å²) >= 11 is 0. The van der Waals surface area contributed by atoms with Crippen molar-refractivity contribution in [2.75, 3.05) is 6.54 Å². The van der Waals surface area contributed by atoms with Crippen molar-refractivity contribution in [3.05, 3.63) is 35.9 Å². The predicted molar refractivity (Wildman–Crippen MR) is 87.2 cm³/mol. The first-order valence-corrected chi connectivity index (χ1v) is 7.92.